The smallest absolute Gasteiger partial charge is 0.323 e. The summed E-state index contributed by atoms with van der Waals surface area (Å²) in [5, 5.41) is 11.3. The van der Waals surface area contributed by atoms with Crippen LogP contribution in [-0.4, -0.2) is 51.2 Å². The molecule has 18 heavy (non-hydrogen) atoms. The van der Waals surface area contributed by atoms with E-state index in [1.807, 2.05) is 17.8 Å². The van der Waals surface area contributed by atoms with Crippen molar-refractivity contribution in [3.8, 4) is 0 Å². The van der Waals surface area contributed by atoms with Crippen LogP contribution in [0, 0.1) is 0 Å². The first-order valence-electron chi connectivity index (χ1n) is 5.75. The molecule has 0 aliphatic carbocycles. The molecule has 1 heterocycles. The van der Waals surface area contributed by atoms with Crippen molar-refractivity contribution in [1.82, 2.24) is 19.8 Å². The number of hydrogen-bond donors (Lipinski definition) is 2. The molecule has 0 aliphatic heterocycles. The average Bonchev–Trinajstić information content (AvgIpc) is 2.71. The van der Waals surface area contributed by atoms with Crippen molar-refractivity contribution in [2.75, 3.05) is 19.6 Å². The number of nitrogens with zero attached hydrogens (tertiary/aromatic N) is 3. The van der Waals surface area contributed by atoms with Crippen molar-refractivity contribution in [2.45, 2.75) is 13.3 Å². The number of urea groups is 1. The molecule has 0 saturated carbocycles. The molecular weight excluding hydrogens is 236 g/mol. The topological polar surface area (TPSA) is 87.5 Å². The average molecular weight is 254 g/mol. The molecule has 2 N–H and O–H groups in total. The molecule has 1 rings (SSSR count). The van der Waals surface area contributed by atoms with Gasteiger partial charge >= 0.3 is 12.0 Å². The van der Waals surface area contributed by atoms with E-state index in [9.17, 15) is 9.59 Å². The van der Waals surface area contributed by atoms with Crippen molar-refractivity contribution >= 4 is 12.0 Å². The Labute approximate surface area is 105 Å². The molecule has 0 aliphatic rings. The van der Waals surface area contributed by atoms with E-state index in [1.54, 1.807) is 13.1 Å². The molecule has 100 valence electrons. The molecule has 0 unspecified atom stereocenters. The largest absolute Gasteiger partial charge is 0.480 e. The molecule has 0 aromatic carbocycles. The summed E-state index contributed by atoms with van der Waals surface area (Å²) in [5.74, 6) is -0.146. The molecule has 7 heteroatoms. The van der Waals surface area contributed by atoms with E-state index in [2.05, 4.69) is 10.3 Å². The van der Waals surface area contributed by atoms with E-state index >= 15 is 0 Å². The van der Waals surface area contributed by atoms with Crippen molar-refractivity contribution in [3.05, 3.63) is 18.2 Å². The maximum Gasteiger partial charge on any atom is 0.323 e. The molecule has 0 spiro atoms. The zero-order chi connectivity index (χ0) is 13.5. The lowest BCUT2D eigenvalue weighted by molar-refractivity contribution is -0.137. The minimum Gasteiger partial charge on any atom is -0.480 e. The van der Waals surface area contributed by atoms with Gasteiger partial charge in [0.1, 0.15) is 12.4 Å². The Morgan fingerprint density at radius 2 is 2.28 bits per heavy atom. The van der Waals surface area contributed by atoms with Crippen molar-refractivity contribution in [3.63, 3.8) is 0 Å². The monoisotopic (exact) mass is 254 g/mol. The first-order valence-corrected chi connectivity index (χ1v) is 5.75. The molecule has 0 saturated heterocycles. The van der Waals surface area contributed by atoms with Crippen molar-refractivity contribution in [2.24, 2.45) is 7.05 Å². The number of aryl methyl sites for hydroxylation is 1. The maximum absolute atomic E-state index is 11.6. The van der Waals surface area contributed by atoms with E-state index in [0.717, 1.165) is 5.82 Å². The predicted octanol–water partition coefficient (Wildman–Crippen LogP) is 0.0787. The summed E-state index contributed by atoms with van der Waals surface area (Å²) in [6.45, 7) is 2.24. The van der Waals surface area contributed by atoms with Crippen molar-refractivity contribution < 1.29 is 14.7 Å². The van der Waals surface area contributed by atoms with Crippen LogP contribution in [0.2, 0.25) is 0 Å². The Morgan fingerprint density at radius 3 is 2.78 bits per heavy atom. The highest BCUT2D eigenvalue weighted by atomic mass is 16.4. The summed E-state index contributed by atoms with van der Waals surface area (Å²) in [6, 6.07) is -0.367. The molecule has 1 aromatic heterocycles. The second-order valence-electron chi connectivity index (χ2n) is 3.84. The molecule has 0 radical (unpaired) electrons. The van der Waals surface area contributed by atoms with Crippen LogP contribution in [0.5, 0.6) is 0 Å². The van der Waals surface area contributed by atoms with Gasteiger partial charge in [0.25, 0.3) is 0 Å². The molecule has 0 fully saturated rings. The number of amides is 2. The summed E-state index contributed by atoms with van der Waals surface area (Å²) in [7, 11) is 1.88. The van der Waals surface area contributed by atoms with Gasteiger partial charge in [0.15, 0.2) is 0 Å². The van der Waals surface area contributed by atoms with Crippen LogP contribution >= 0.6 is 0 Å². The number of rotatable bonds is 6. The lowest BCUT2D eigenvalue weighted by Crippen LogP contribution is -2.43. The number of carbonyl (C=O) groups is 2. The Bertz CT molecular complexity index is 416. The minimum atomic E-state index is -1.02. The molecule has 2 amide bonds. The fourth-order valence-electron chi connectivity index (χ4n) is 1.52. The van der Waals surface area contributed by atoms with Gasteiger partial charge in [-0.2, -0.15) is 0 Å². The van der Waals surface area contributed by atoms with Gasteiger partial charge < -0.3 is 19.9 Å². The van der Waals surface area contributed by atoms with Crippen LogP contribution in [0.15, 0.2) is 12.4 Å². The molecule has 0 atom stereocenters. The van der Waals surface area contributed by atoms with E-state index in [1.165, 1.54) is 4.90 Å². The number of likely N-dealkylation sites (N-methyl/N-ethyl adjacent to an activating group) is 1. The molecule has 1 aromatic rings. The zero-order valence-corrected chi connectivity index (χ0v) is 10.6. The van der Waals surface area contributed by atoms with E-state index in [0.29, 0.717) is 19.5 Å². The number of nitrogens with one attached hydrogen (secondary N) is 1. The SMILES string of the molecule is CCN(CC(=O)O)C(=O)NCCc1nccn1C. The minimum absolute atomic E-state index is 0.287. The first kappa shape index (κ1) is 14.0. The highest BCUT2D eigenvalue weighted by Gasteiger charge is 2.14. The number of hydrogen-bond acceptors (Lipinski definition) is 3. The van der Waals surface area contributed by atoms with Crippen molar-refractivity contribution in [1.29, 1.82) is 0 Å². The van der Waals surface area contributed by atoms with Crippen LogP contribution in [0.1, 0.15) is 12.7 Å². The van der Waals surface area contributed by atoms with Crippen LogP contribution in [0.3, 0.4) is 0 Å². The standard InChI is InChI=1S/C11H18N4O3/c1-3-15(8-10(16)17)11(18)13-5-4-9-12-6-7-14(9)2/h6-7H,3-5,8H2,1-2H3,(H,13,18)(H,16,17). The van der Waals surface area contributed by atoms with Crippen LogP contribution in [0.4, 0.5) is 4.79 Å². The molecular formula is C11H18N4O3. The predicted molar refractivity (Wildman–Crippen MR) is 65.2 cm³/mol. The number of imidazole rings is 1. The van der Waals surface area contributed by atoms with Gasteiger partial charge in [-0.15, -0.1) is 0 Å². The lowest BCUT2D eigenvalue weighted by atomic mass is 10.4. The molecule has 7 nitrogen and oxygen atoms in total. The number of carboxylic acids is 1. The Hall–Kier alpha value is -2.05. The van der Waals surface area contributed by atoms with Crippen LogP contribution < -0.4 is 5.32 Å². The van der Waals surface area contributed by atoms with Gasteiger partial charge in [-0.1, -0.05) is 0 Å². The van der Waals surface area contributed by atoms with Gasteiger partial charge in [-0.25, -0.2) is 9.78 Å². The molecule has 0 bridgehead atoms. The second kappa shape index (κ2) is 6.63. The quantitative estimate of drug-likeness (QED) is 0.752. The summed E-state index contributed by atoms with van der Waals surface area (Å²) in [4.78, 5) is 27.6. The zero-order valence-electron chi connectivity index (χ0n) is 10.6. The summed E-state index contributed by atoms with van der Waals surface area (Å²) in [6.07, 6.45) is 4.14. The maximum atomic E-state index is 11.6. The van der Waals surface area contributed by atoms with Gasteiger partial charge in [-0.05, 0) is 6.92 Å². The van der Waals surface area contributed by atoms with Gasteiger partial charge in [0.2, 0.25) is 0 Å². The van der Waals surface area contributed by atoms with Gasteiger partial charge in [0, 0.05) is 39.0 Å². The van der Waals surface area contributed by atoms with E-state index in [-0.39, 0.29) is 12.6 Å². The third-order valence-electron chi connectivity index (χ3n) is 2.54. The Kier molecular flexibility index (Phi) is 5.16. The fraction of sp³-hybridized carbons (Fsp3) is 0.545. The third-order valence-corrected chi connectivity index (χ3v) is 2.54. The Balaban J connectivity index is 2.36. The van der Waals surface area contributed by atoms with Crippen LogP contribution in [-0.2, 0) is 18.3 Å². The van der Waals surface area contributed by atoms with E-state index in [4.69, 9.17) is 5.11 Å². The highest BCUT2D eigenvalue weighted by Crippen LogP contribution is 1.95. The first-order chi connectivity index (χ1) is 8.54. The normalized spacial score (nSPS) is 10.1. The van der Waals surface area contributed by atoms with Gasteiger partial charge in [-0.3, -0.25) is 4.79 Å². The van der Waals surface area contributed by atoms with Crippen LogP contribution in [0.25, 0.3) is 0 Å². The fourth-order valence-corrected chi connectivity index (χ4v) is 1.52. The highest BCUT2D eigenvalue weighted by molar-refractivity contribution is 5.79. The second-order valence-corrected chi connectivity index (χ2v) is 3.84. The number of carbonyl (C=O) groups excluding carboxylic acids is 1. The number of aliphatic carboxylic acids is 1. The Morgan fingerprint density at radius 1 is 1.56 bits per heavy atom. The summed E-state index contributed by atoms with van der Waals surface area (Å²) >= 11 is 0. The van der Waals surface area contributed by atoms with Gasteiger partial charge in [0.05, 0.1) is 0 Å². The summed E-state index contributed by atoms with van der Waals surface area (Å²) < 4.78 is 1.88. The number of aromatic nitrogens is 2. The lowest BCUT2D eigenvalue weighted by Gasteiger charge is -2.18. The third kappa shape index (κ3) is 4.08. The summed E-state index contributed by atoms with van der Waals surface area (Å²) in [5.41, 5.74) is 0. The number of carboxylic acid groups (broad SMARTS) is 1. The van der Waals surface area contributed by atoms with E-state index < -0.39 is 5.97 Å².